The molecule has 17 heavy (non-hydrogen) atoms. The lowest BCUT2D eigenvalue weighted by atomic mass is 10.2. The summed E-state index contributed by atoms with van der Waals surface area (Å²) < 4.78 is 26.2. The highest BCUT2D eigenvalue weighted by atomic mass is 32.1. The third-order valence-electron chi connectivity index (χ3n) is 2.25. The fourth-order valence-corrected chi connectivity index (χ4v) is 2.24. The maximum absolute atomic E-state index is 13.5. The van der Waals surface area contributed by atoms with Crippen LogP contribution in [0.1, 0.15) is 11.8 Å². The second kappa shape index (κ2) is 4.87. The van der Waals surface area contributed by atoms with Gasteiger partial charge in [0.25, 0.3) is 0 Å². The van der Waals surface area contributed by atoms with Crippen LogP contribution in [0, 0.1) is 11.6 Å². The smallest absolute Gasteiger partial charge is 0.136 e. The first kappa shape index (κ1) is 12.1. The van der Waals surface area contributed by atoms with Gasteiger partial charge in [-0.15, -0.1) is 11.3 Å². The largest absolute Gasteiger partial charge is 0.385 e. The number of aliphatic hydroxyl groups excluding tert-OH is 1. The lowest BCUT2D eigenvalue weighted by molar-refractivity contribution is 0.182. The van der Waals surface area contributed by atoms with Crippen LogP contribution in [-0.2, 0) is 0 Å². The van der Waals surface area contributed by atoms with Gasteiger partial charge < -0.3 is 10.8 Å². The second-order valence-electron chi connectivity index (χ2n) is 3.45. The van der Waals surface area contributed by atoms with Crippen LogP contribution in [0.4, 0.5) is 8.78 Å². The molecule has 3 N–H and O–H groups in total. The molecular weight excluding hydrogens is 246 g/mol. The van der Waals surface area contributed by atoms with Gasteiger partial charge in [0, 0.05) is 23.6 Å². The normalized spacial score (nSPS) is 12.7. The summed E-state index contributed by atoms with van der Waals surface area (Å²) in [6, 6.07) is 3.29. The van der Waals surface area contributed by atoms with Crippen molar-refractivity contribution in [2.75, 3.05) is 6.54 Å². The Hall–Kier alpha value is -1.37. The third kappa shape index (κ3) is 2.49. The average Bonchev–Trinajstić information content (AvgIpc) is 2.77. The molecule has 1 aromatic heterocycles. The molecule has 1 atom stereocenters. The van der Waals surface area contributed by atoms with E-state index in [1.807, 2.05) is 0 Å². The fraction of sp³-hybridized carbons (Fsp3) is 0.182. The second-order valence-corrected chi connectivity index (χ2v) is 4.31. The minimum atomic E-state index is -0.858. The molecule has 0 saturated carbocycles. The van der Waals surface area contributed by atoms with Crippen molar-refractivity contribution >= 4 is 11.3 Å². The molecule has 0 bridgehead atoms. The average molecular weight is 256 g/mol. The molecule has 2 aromatic rings. The Balaban J connectivity index is 2.37. The van der Waals surface area contributed by atoms with Crippen molar-refractivity contribution in [2.24, 2.45) is 5.73 Å². The summed E-state index contributed by atoms with van der Waals surface area (Å²) in [7, 11) is 0. The minimum Gasteiger partial charge on any atom is -0.385 e. The number of hydrogen-bond acceptors (Lipinski definition) is 4. The highest BCUT2D eigenvalue weighted by molar-refractivity contribution is 7.13. The molecule has 1 heterocycles. The first-order chi connectivity index (χ1) is 8.11. The molecule has 6 heteroatoms. The van der Waals surface area contributed by atoms with Gasteiger partial charge in [0.2, 0.25) is 0 Å². The van der Waals surface area contributed by atoms with Crippen LogP contribution in [0.15, 0.2) is 23.6 Å². The van der Waals surface area contributed by atoms with Crippen LogP contribution < -0.4 is 5.73 Å². The molecule has 90 valence electrons. The monoisotopic (exact) mass is 256 g/mol. The van der Waals surface area contributed by atoms with Gasteiger partial charge in [-0.05, 0) is 12.1 Å². The fourth-order valence-electron chi connectivity index (χ4n) is 1.35. The Labute approximate surface area is 101 Å². The van der Waals surface area contributed by atoms with Crippen molar-refractivity contribution in [3.63, 3.8) is 0 Å². The molecule has 0 aliphatic heterocycles. The molecule has 1 unspecified atom stereocenters. The van der Waals surface area contributed by atoms with Gasteiger partial charge in [-0.2, -0.15) is 0 Å². The van der Waals surface area contributed by atoms with Crippen LogP contribution in [0.2, 0.25) is 0 Å². The van der Waals surface area contributed by atoms with Gasteiger partial charge in [0.1, 0.15) is 22.7 Å². The number of nitrogens with two attached hydrogens (primary N) is 1. The van der Waals surface area contributed by atoms with E-state index >= 15 is 0 Å². The number of halogens is 2. The lowest BCUT2D eigenvalue weighted by Gasteiger charge is -2.02. The van der Waals surface area contributed by atoms with Gasteiger partial charge in [-0.3, -0.25) is 0 Å². The molecule has 0 aliphatic rings. The van der Waals surface area contributed by atoms with E-state index in [9.17, 15) is 13.9 Å². The van der Waals surface area contributed by atoms with Crippen molar-refractivity contribution in [1.82, 2.24) is 4.98 Å². The number of aliphatic hydroxyl groups is 1. The standard InChI is InChI=1S/C11H10F2N2OS/c12-6-1-2-7(8(13)3-6)11-15-9(5-17-11)10(16)4-14/h1-3,5,10,16H,4,14H2. The Morgan fingerprint density at radius 1 is 1.41 bits per heavy atom. The van der Waals surface area contributed by atoms with Crippen LogP contribution in [-0.4, -0.2) is 16.6 Å². The van der Waals surface area contributed by atoms with Crippen LogP contribution >= 0.6 is 11.3 Å². The van der Waals surface area contributed by atoms with E-state index < -0.39 is 17.7 Å². The van der Waals surface area contributed by atoms with Gasteiger partial charge in [-0.25, -0.2) is 13.8 Å². The predicted octanol–water partition coefficient (Wildman–Crippen LogP) is 2.08. The van der Waals surface area contributed by atoms with E-state index in [0.717, 1.165) is 6.07 Å². The Morgan fingerprint density at radius 3 is 2.82 bits per heavy atom. The van der Waals surface area contributed by atoms with Gasteiger partial charge in [0.05, 0.1) is 5.69 Å². The number of aromatic nitrogens is 1. The molecule has 0 fully saturated rings. The summed E-state index contributed by atoms with van der Waals surface area (Å²) in [4.78, 5) is 4.07. The predicted molar refractivity (Wildman–Crippen MR) is 61.5 cm³/mol. The molecule has 0 aliphatic carbocycles. The van der Waals surface area contributed by atoms with Crippen molar-refractivity contribution in [3.05, 3.63) is 40.9 Å². The number of benzene rings is 1. The van der Waals surface area contributed by atoms with Crippen molar-refractivity contribution in [3.8, 4) is 10.6 Å². The third-order valence-corrected chi connectivity index (χ3v) is 3.14. The van der Waals surface area contributed by atoms with E-state index in [1.165, 1.54) is 23.5 Å². The molecule has 0 amide bonds. The topological polar surface area (TPSA) is 59.1 Å². The lowest BCUT2D eigenvalue weighted by Crippen LogP contribution is -2.11. The number of nitrogens with zero attached hydrogens (tertiary/aromatic N) is 1. The summed E-state index contributed by atoms with van der Waals surface area (Å²) >= 11 is 1.18. The van der Waals surface area contributed by atoms with Crippen molar-refractivity contribution in [2.45, 2.75) is 6.10 Å². The molecule has 0 radical (unpaired) electrons. The van der Waals surface area contributed by atoms with E-state index in [0.29, 0.717) is 10.7 Å². The SMILES string of the molecule is NCC(O)c1csc(-c2ccc(F)cc2F)n1. The van der Waals surface area contributed by atoms with E-state index in [-0.39, 0.29) is 12.1 Å². The van der Waals surface area contributed by atoms with E-state index in [2.05, 4.69) is 4.98 Å². The first-order valence-electron chi connectivity index (χ1n) is 4.91. The quantitative estimate of drug-likeness (QED) is 0.884. The summed E-state index contributed by atoms with van der Waals surface area (Å²) in [5.41, 5.74) is 5.91. The Bertz CT molecular complexity index is 530. The molecule has 3 nitrogen and oxygen atoms in total. The number of rotatable bonds is 3. The van der Waals surface area contributed by atoms with Crippen molar-refractivity contribution in [1.29, 1.82) is 0 Å². The van der Waals surface area contributed by atoms with Gasteiger partial charge >= 0.3 is 0 Å². The molecule has 0 saturated heterocycles. The molecular formula is C11H10F2N2OS. The van der Waals surface area contributed by atoms with Crippen LogP contribution in [0.5, 0.6) is 0 Å². The highest BCUT2D eigenvalue weighted by Gasteiger charge is 2.14. The minimum absolute atomic E-state index is 0.0507. The maximum atomic E-state index is 13.5. The first-order valence-corrected chi connectivity index (χ1v) is 5.78. The van der Waals surface area contributed by atoms with Crippen LogP contribution in [0.3, 0.4) is 0 Å². The number of hydrogen-bond donors (Lipinski definition) is 2. The highest BCUT2D eigenvalue weighted by Crippen LogP contribution is 2.28. The zero-order valence-electron chi connectivity index (χ0n) is 8.73. The van der Waals surface area contributed by atoms with Crippen molar-refractivity contribution < 1.29 is 13.9 Å². The summed E-state index contributed by atoms with van der Waals surface area (Å²) in [6.07, 6.45) is -0.858. The van der Waals surface area contributed by atoms with E-state index in [4.69, 9.17) is 5.73 Å². The van der Waals surface area contributed by atoms with E-state index in [1.54, 1.807) is 5.38 Å². The van der Waals surface area contributed by atoms with Gasteiger partial charge in [0.15, 0.2) is 0 Å². The summed E-state index contributed by atoms with van der Waals surface area (Å²) in [6.45, 7) is 0.0507. The Kier molecular flexibility index (Phi) is 3.46. The molecule has 0 spiro atoms. The van der Waals surface area contributed by atoms with Crippen LogP contribution in [0.25, 0.3) is 10.6 Å². The maximum Gasteiger partial charge on any atom is 0.136 e. The Morgan fingerprint density at radius 2 is 2.18 bits per heavy atom. The number of thiazole rings is 1. The zero-order valence-corrected chi connectivity index (χ0v) is 9.55. The summed E-state index contributed by atoms with van der Waals surface area (Å²) in [5, 5.41) is 11.5. The molecule has 2 rings (SSSR count). The zero-order chi connectivity index (χ0) is 12.4. The molecule has 1 aromatic carbocycles. The summed E-state index contributed by atoms with van der Waals surface area (Å²) in [5.74, 6) is -1.31. The van der Waals surface area contributed by atoms with Gasteiger partial charge in [-0.1, -0.05) is 0 Å².